The number of amides is 1. The first-order chi connectivity index (χ1) is 16.9. The number of carbonyl (C=O) groups is 4. The second-order valence-electron chi connectivity index (χ2n) is 9.78. The van der Waals surface area contributed by atoms with Crippen LogP contribution in [0.3, 0.4) is 0 Å². The molecule has 8 nitrogen and oxygen atoms in total. The van der Waals surface area contributed by atoms with Crippen LogP contribution in [0.15, 0.2) is 0 Å². The number of rotatable bonds is 23. The Hall–Kier alpha value is -2.12. The van der Waals surface area contributed by atoms with Crippen LogP contribution < -0.4 is 5.32 Å². The number of carboxylic acids is 1. The number of esters is 2. The number of aliphatic carboxylic acids is 1. The second kappa shape index (κ2) is 19.1. The highest BCUT2D eigenvalue weighted by molar-refractivity contribution is 5.84. The third-order valence-electron chi connectivity index (χ3n) is 6.73. The Balaban J connectivity index is 2.59. The SMILES string of the molecule is CCCCCCCCCCC[C@@H](C[C@@H]1OC(=O)[C@H]1CCCCCC)OC(=O)[C@H](CC(=O)O)NC=O. The van der Waals surface area contributed by atoms with E-state index < -0.39 is 30.5 Å². The van der Waals surface area contributed by atoms with Gasteiger partial charge in [-0.3, -0.25) is 14.4 Å². The van der Waals surface area contributed by atoms with Gasteiger partial charge in [-0.05, 0) is 19.3 Å². The summed E-state index contributed by atoms with van der Waals surface area (Å²) in [6, 6.07) is -1.23. The summed E-state index contributed by atoms with van der Waals surface area (Å²) in [6.07, 6.45) is 15.7. The first kappa shape index (κ1) is 30.9. The highest BCUT2D eigenvalue weighted by Crippen LogP contribution is 2.32. The number of cyclic esters (lactones) is 1. The second-order valence-corrected chi connectivity index (χ2v) is 9.78. The molecule has 1 aliphatic heterocycles. The van der Waals surface area contributed by atoms with Crippen molar-refractivity contribution in [2.45, 2.75) is 141 Å². The molecule has 1 aliphatic rings. The molecular weight excluding hydrogens is 450 g/mol. The van der Waals surface area contributed by atoms with Gasteiger partial charge in [0.25, 0.3) is 0 Å². The van der Waals surface area contributed by atoms with Gasteiger partial charge in [-0.25, -0.2) is 4.79 Å². The molecule has 0 aromatic carbocycles. The van der Waals surface area contributed by atoms with Crippen LogP contribution in [0.1, 0.15) is 123 Å². The third-order valence-corrected chi connectivity index (χ3v) is 6.73. The van der Waals surface area contributed by atoms with Crippen molar-refractivity contribution in [2.75, 3.05) is 0 Å². The molecule has 35 heavy (non-hydrogen) atoms. The first-order valence-corrected chi connectivity index (χ1v) is 13.7. The zero-order valence-corrected chi connectivity index (χ0v) is 21.8. The summed E-state index contributed by atoms with van der Waals surface area (Å²) < 4.78 is 11.0. The van der Waals surface area contributed by atoms with Crippen molar-refractivity contribution in [2.24, 2.45) is 5.92 Å². The Morgan fingerprint density at radius 1 is 0.971 bits per heavy atom. The molecule has 0 aliphatic carbocycles. The molecule has 4 atom stereocenters. The normalized spacial score (nSPS) is 18.7. The van der Waals surface area contributed by atoms with Crippen molar-refractivity contribution in [1.29, 1.82) is 0 Å². The van der Waals surface area contributed by atoms with Gasteiger partial charge in [0.1, 0.15) is 18.2 Å². The monoisotopic (exact) mass is 497 g/mol. The highest BCUT2D eigenvalue weighted by atomic mass is 16.6. The van der Waals surface area contributed by atoms with Crippen molar-refractivity contribution in [3.63, 3.8) is 0 Å². The summed E-state index contributed by atoms with van der Waals surface area (Å²) in [5, 5.41) is 11.3. The van der Waals surface area contributed by atoms with Gasteiger partial charge in [-0.2, -0.15) is 0 Å². The molecule has 1 rings (SSSR count). The van der Waals surface area contributed by atoms with Crippen molar-refractivity contribution < 1.29 is 33.8 Å². The van der Waals surface area contributed by atoms with E-state index >= 15 is 0 Å². The lowest BCUT2D eigenvalue weighted by atomic mass is 9.86. The van der Waals surface area contributed by atoms with E-state index in [0.29, 0.717) is 19.3 Å². The van der Waals surface area contributed by atoms with Crippen LogP contribution in [0.5, 0.6) is 0 Å². The summed E-state index contributed by atoms with van der Waals surface area (Å²) in [7, 11) is 0. The van der Waals surface area contributed by atoms with Crippen LogP contribution in [-0.4, -0.2) is 47.7 Å². The molecule has 1 fully saturated rings. The van der Waals surface area contributed by atoms with Gasteiger partial charge in [-0.15, -0.1) is 0 Å². The summed E-state index contributed by atoms with van der Waals surface area (Å²) in [5.74, 6) is -2.31. The van der Waals surface area contributed by atoms with Crippen LogP contribution in [0.25, 0.3) is 0 Å². The lowest BCUT2D eigenvalue weighted by molar-refractivity contribution is -0.190. The van der Waals surface area contributed by atoms with Crippen molar-refractivity contribution in [3.05, 3.63) is 0 Å². The quantitative estimate of drug-likeness (QED) is 0.111. The smallest absolute Gasteiger partial charge is 0.329 e. The minimum absolute atomic E-state index is 0.168. The summed E-state index contributed by atoms with van der Waals surface area (Å²) >= 11 is 0. The Bertz CT molecular complexity index is 625. The number of hydrogen-bond donors (Lipinski definition) is 2. The fraction of sp³-hybridized carbons (Fsp3) is 0.852. The highest BCUT2D eigenvalue weighted by Gasteiger charge is 2.43. The summed E-state index contributed by atoms with van der Waals surface area (Å²) in [4.78, 5) is 46.5. The van der Waals surface area contributed by atoms with E-state index in [-0.39, 0.29) is 18.0 Å². The van der Waals surface area contributed by atoms with E-state index in [0.717, 1.165) is 51.4 Å². The minimum Gasteiger partial charge on any atom is -0.481 e. The van der Waals surface area contributed by atoms with Crippen LogP contribution in [0.4, 0.5) is 0 Å². The molecule has 0 aromatic rings. The molecule has 1 amide bonds. The number of unbranched alkanes of at least 4 members (excludes halogenated alkanes) is 11. The van der Waals surface area contributed by atoms with Crippen LogP contribution in [-0.2, 0) is 28.7 Å². The van der Waals surface area contributed by atoms with Gasteiger partial charge in [0.05, 0.1) is 12.3 Å². The number of ether oxygens (including phenoxy) is 2. The van der Waals surface area contributed by atoms with Gasteiger partial charge in [0.15, 0.2) is 0 Å². The fourth-order valence-electron chi connectivity index (χ4n) is 4.59. The van der Waals surface area contributed by atoms with Gasteiger partial charge in [-0.1, -0.05) is 90.9 Å². The lowest BCUT2D eigenvalue weighted by Crippen LogP contribution is -2.48. The fourth-order valence-corrected chi connectivity index (χ4v) is 4.59. The molecule has 0 spiro atoms. The Labute approximate surface area is 210 Å². The average Bonchev–Trinajstić information content (AvgIpc) is 2.81. The third kappa shape index (κ3) is 13.5. The summed E-state index contributed by atoms with van der Waals surface area (Å²) in [6.45, 7) is 4.35. The maximum absolute atomic E-state index is 12.6. The van der Waals surface area contributed by atoms with E-state index in [4.69, 9.17) is 14.6 Å². The van der Waals surface area contributed by atoms with E-state index in [9.17, 15) is 19.2 Å². The number of nitrogens with one attached hydrogen (secondary N) is 1. The van der Waals surface area contributed by atoms with E-state index in [1.807, 2.05) is 0 Å². The molecule has 202 valence electrons. The van der Waals surface area contributed by atoms with Gasteiger partial charge >= 0.3 is 17.9 Å². The van der Waals surface area contributed by atoms with E-state index in [1.54, 1.807) is 0 Å². The molecule has 0 aromatic heterocycles. The minimum atomic E-state index is -1.23. The molecule has 0 saturated carbocycles. The molecule has 0 bridgehead atoms. The summed E-state index contributed by atoms with van der Waals surface area (Å²) in [5.41, 5.74) is 0. The van der Waals surface area contributed by atoms with Crippen LogP contribution in [0.2, 0.25) is 0 Å². The molecule has 0 radical (unpaired) electrons. The number of carboxylic acid groups (broad SMARTS) is 1. The molecule has 1 heterocycles. The number of carbonyl (C=O) groups excluding carboxylic acids is 3. The zero-order valence-electron chi connectivity index (χ0n) is 21.8. The van der Waals surface area contributed by atoms with E-state index in [1.165, 1.54) is 38.5 Å². The number of hydrogen-bond acceptors (Lipinski definition) is 6. The maximum atomic E-state index is 12.6. The first-order valence-electron chi connectivity index (χ1n) is 13.7. The topological polar surface area (TPSA) is 119 Å². The van der Waals surface area contributed by atoms with Crippen molar-refractivity contribution in [1.82, 2.24) is 5.32 Å². The standard InChI is InChI=1S/C27H47NO7/c1-3-5-7-9-10-11-12-13-14-16-21(34-27(33)23(28-20-29)19-25(30)31)18-24-22(26(32)35-24)17-15-8-6-4-2/h20-24H,3-19H2,1-2H3,(H,28,29)(H,30,31)/t21-,22-,23-,24-/m0/s1. The molecule has 0 unspecified atom stereocenters. The zero-order chi connectivity index (χ0) is 25.9. The van der Waals surface area contributed by atoms with Crippen LogP contribution >= 0.6 is 0 Å². The van der Waals surface area contributed by atoms with Gasteiger partial charge in [0, 0.05) is 6.42 Å². The lowest BCUT2D eigenvalue weighted by Gasteiger charge is -2.37. The molecule has 1 saturated heterocycles. The van der Waals surface area contributed by atoms with Gasteiger partial charge < -0.3 is 19.9 Å². The molecule has 2 N–H and O–H groups in total. The van der Waals surface area contributed by atoms with Gasteiger partial charge in [0.2, 0.25) is 6.41 Å². The van der Waals surface area contributed by atoms with Crippen LogP contribution in [0, 0.1) is 5.92 Å². The Morgan fingerprint density at radius 2 is 1.54 bits per heavy atom. The Kier molecular flexibility index (Phi) is 16.9. The average molecular weight is 498 g/mol. The Morgan fingerprint density at radius 3 is 2.09 bits per heavy atom. The predicted octanol–water partition coefficient (Wildman–Crippen LogP) is 5.31. The molecular formula is C27H47NO7. The van der Waals surface area contributed by atoms with Crippen molar-refractivity contribution >= 4 is 24.3 Å². The largest absolute Gasteiger partial charge is 0.481 e. The maximum Gasteiger partial charge on any atom is 0.329 e. The van der Waals surface area contributed by atoms with E-state index in [2.05, 4.69) is 19.2 Å². The van der Waals surface area contributed by atoms with Crippen molar-refractivity contribution in [3.8, 4) is 0 Å². The predicted molar refractivity (Wildman–Crippen MR) is 134 cm³/mol. The molecule has 8 heteroatoms.